The van der Waals surface area contributed by atoms with Gasteiger partial charge in [0.2, 0.25) is 11.8 Å². The lowest BCUT2D eigenvalue weighted by atomic mass is 10.0. The molecular formula is C22H18ClN5O3. The highest BCUT2D eigenvalue weighted by Crippen LogP contribution is 2.29. The van der Waals surface area contributed by atoms with E-state index >= 15 is 0 Å². The van der Waals surface area contributed by atoms with Crippen molar-refractivity contribution in [3.8, 4) is 5.69 Å². The molecule has 0 aliphatic carbocycles. The van der Waals surface area contributed by atoms with Gasteiger partial charge in [-0.15, -0.1) is 5.10 Å². The van der Waals surface area contributed by atoms with Crippen LogP contribution in [0.15, 0.2) is 48.7 Å². The van der Waals surface area contributed by atoms with E-state index in [4.69, 9.17) is 11.6 Å². The maximum Gasteiger partial charge on any atom is 0.255 e. The topological polar surface area (TPSA) is 97.2 Å². The van der Waals surface area contributed by atoms with Crippen LogP contribution in [0.1, 0.15) is 40.0 Å². The van der Waals surface area contributed by atoms with Crippen LogP contribution in [-0.4, -0.2) is 43.7 Å². The van der Waals surface area contributed by atoms with Crippen molar-refractivity contribution in [2.75, 3.05) is 0 Å². The van der Waals surface area contributed by atoms with E-state index in [0.717, 1.165) is 16.8 Å². The van der Waals surface area contributed by atoms with Gasteiger partial charge in [-0.2, -0.15) is 0 Å². The molecule has 0 saturated carbocycles. The molecule has 1 saturated heterocycles. The van der Waals surface area contributed by atoms with Crippen molar-refractivity contribution in [3.63, 3.8) is 0 Å². The highest BCUT2D eigenvalue weighted by molar-refractivity contribution is 6.30. The first kappa shape index (κ1) is 19.4. The summed E-state index contributed by atoms with van der Waals surface area (Å²) < 4.78 is 1.63. The summed E-state index contributed by atoms with van der Waals surface area (Å²) in [6.07, 6.45) is 2.98. The Balaban J connectivity index is 1.36. The van der Waals surface area contributed by atoms with Crippen LogP contribution in [-0.2, 0) is 22.6 Å². The average molecular weight is 436 g/mol. The molecule has 9 heteroatoms. The van der Waals surface area contributed by atoms with Gasteiger partial charge in [0.1, 0.15) is 6.04 Å². The minimum absolute atomic E-state index is 0.217. The summed E-state index contributed by atoms with van der Waals surface area (Å²) in [7, 11) is 0. The second-order valence-electron chi connectivity index (χ2n) is 7.70. The second kappa shape index (κ2) is 7.63. The highest BCUT2D eigenvalue weighted by Gasteiger charge is 2.39. The lowest BCUT2D eigenvalue weighted by molar-refractivity contribution is -0.136. The number of carbonyl (C=O) groups excluding carboxylic acids is 3. The van der Waals surface area contributed by atoms with Crippen molar-refractivity contribution < 1.29 is 14.4 Å². The van der Waals surface area contributed by atoms with E-state index in [0.29, 0.717) is 35.7 Å². The van der Waals surface area contributed by atoms with E-state index < -0.39 is 11.9 Å². The summed E-state index contributed by atoms with van der Waals surface area (Å²) in [5.74, 6) is -0.933. The van der Waals surface area contributed by atoms with Crippen LogP contribution >= 0.6 is 11.6 Å². The summed E-state index contributed by atoms with van der Waals surface area (Å²) >= 11 is 6.05. The monoisotopic (exact) mass is 435 g/mol. The van der Waals surface area contributed by atoms with Crippen molar-refractivity contribution >= 4 is 29.3 Å². The summed E-state index contributed by atoms with van der Waals surface area (Å²) in [6.45, 7) is 0.345. The Bertz CT molecular complexity index is 1220. The largest absolute Gasteiger partial charge is 0.322 e. The van der Waals surface area contributed by atoms with E-state index in [-0.39, 0.29) is 18.2 Å². The van der Waals surface area contributed by atoms with Crippen molar-refractivity contribution in [3.05, 3.63) is 76.1 Å². The molecule has 31 heavy (non-hydrogen) atoms. The molecule has 0 radical (unpaired) electrons. The maximum absolute atomic E-state index is 13.0. The predicted octanol–water partition coefficient (Wildman–Crippen LogP) is 2.27. The quantitative estimate of drug-likeness (QED) is 0.634. The molecule has 3 aromatic rings. The fourth-order valence-corrected chi connectivity index (χ4v) is 4.26. The molecule has 3 heterocycles. The minimum Gasteiger partial charge on any atom is -0.322 e. The van der Waals surface area contributed by atoms with E-state index in [1.165, 1.54) is 4.90 Å². The molecule has 0 spiro atoms. The number of carbonyl (C=O) groups is 3. The van der Waals surface area contributed by atoms with Crippen molar-refractivity contribution in [2.24, 2.45) is 0 Å². The zero-order valence-corrected chi connectivity index (χ0v) is 17.2. The number of piperidine rings is 1. The number of aromatic nitrogens is 3. The van der Waals surface area contributed by atoms with E-state index in [1.54, 1.807) is 10.7 Å². The van der Waals surface area contributed by atoms with Crippen molar-refractivity contribution in [1.29, 1.82) is 0 Å². The van der Waals surface area contributed by atoms with Crippen LogP contribution in [0.4, 0.5) is 0 Å². The number of fused-ring (bicyclic) bond motifs is 1. The number of hydrogen-bond donors (Lipinski definition) is 1. The van der Waals surface area contributed by atoms with Gasteiger partial charge in [-0.25, -0.2) is 4.68 Å². The smallest absolute Gasteiger partial charge is 0.255 e. The van der Waals surface area contributed by atoms with Gasteiger partial charge in [-0.05, 0) is 41.8 Å². The minimum atomic E-state index is -0.628. The highest BCUT2D eigenvalue weighted by atomic mass is 35.5. The number of nitrogens with zero attached hydrogens (tertiary/aromatic N) is 4. The molecule has 0 bridgehead atoms. The van der Waals surface area contributed by atoms with E-state index in [1.807, 2.05) is 42.6 Å². The third-order valence-electron chi connectivity index (χ3n) is 5.59. The zero-order valence-electron chi connectivity index (χ0n) is 16.4. The molecule has 1 atom stereocenters. The fraction of sp³-hybridized carbons (Fsp3) is 0.227. The summed E-state index contributed by atoms with van der Waals surface area (Å²) in [4.78, 5) is 38.1. The SMILES string of the molecule is O=C1CCC(N2Cc3ccc(-n4cc(Cc5cccc(Cl)c5)nn4)cc3C2=O)C(=O)N1. The average Bonchev–Trinajstić information content (AvgIpc) is 3.33. The third kappa shape index (κ3) is 3.70. The lowest BCUT2D eigenvalue weighted by Gasteiger charge is -2.29. The van der Waals surface area contributed by atoms with Crippen LogP contribution in [0.3, 0.4) is 0 Å². The molecular weight excluding hydrogens is 418 g/mol. The van der Waals surface area contributed by atoms with Gasteiger partial charge in [0, 0.05) is 30.0 Å². The van der Waals surface area contributed by atoms with Gasteiger partial charge >= 0.3 is 0 Å². The number of imide groups is 1. The zero-order chi connectivity index (χ0) is 21.5. The standard InChI is InChI=1S/C22H18ClN5O3/c23-15-3-1-2-13(8-15)9-16-12-28(26-25-16)17-5-4-14-11-27(22(31)18(14)10-17)19-6-7-20(29)24-21(19)30/h1-5,8,10,12,19H,6-7,9,11H2,(H,24,29,30). The molecule has 1 aromatic heterocycles. The van der Waals surface area contributed by atoms with Gasteiger partial charge in [0.25, 0.3) is 5.91 Å². The van der Waals surface area contributed by atoms with Gasteiger partial charge < -0.3 is 4.90 Å². The Morgan fingerprint density at radius 3 is 2.81 bits per heavy atom. The Kier molecular flexibility index (Phi) is 4.78. The van der Waals surface area contributed by atoms with Crippen LogP contribution < -0.4 is 5.32 Å². The summed E-state index contributed by atoms with van der Waals surface area (Å²) in [6, 6.07) is 12.5. The Morgan fingerprint density at radius 2 is 2.00 bits per heavy atom. The number of halogens is 1. The number of amides is 3. The van der Waals surface area contributed by atoms with Crippen LogP contribution in [0.2, 0.25) is 5.02 Å². The Labute approximate surface area is 182 Å². The van der Waals surface area contributed by atoms with E-state index in [9.17, 15) is 14.4 Å². The number of rotatable bonds is 4. The molecule has 1 unspecified atom stereocenters. The van der Waals surface area contributed by atoms with Gasteiger partial charge in [0.15, 0.2) is 0 Å². The van der Waals surface area contributed by atoms with Gasteiger partial charge in [0.05, 0.1) is 17.6 Å². The lowest BCUT2D eigenvalue weighted by Crippen LogP contribution is -2.52. The first-order valence-electron chi connectivity index (χ1n) is 9.91. The van der Waals surface area contributed by atoms with Crippen molar-refractivity contribution in [2.45, 2.75) is 31.8 Å². The molecule has 2 aliphatic heterocycles. The molecule has 5 rings (SSSR count). The molecule has 1 fully saturated rings. The summed E-state index contributed by atoms with van der Waals surface area (Å²) in [5, 5.41) is 11.4. The molecule has 2 aliphatic rings. The first-order valence-corrected chi connectivity index (χ1v) is 10.3. The van der Waals surface area contributed by atoms with Crippen molar-refractivity contribution in [1.82, 2.24) is 25.2 Å². The third-order valence-corrected chi connectivity index (χ3v) is 5.83. The molecule has 156 valence electrons. The normalized spacial score (nSPS) is 18.3. The molecule has 2 aromatic carbocycles. The van der Waals surface area contributed by atoms with Crippen LogP contribution in [0.5, 0.6) is 0 Å². The van der Waals surface area contributed by atoms with Crippen LogP contribution in [0, 0.1) is 0 Å². The van der Waals surface area contributed by atoms with Crippen LogP contribution in [0.25, 0.3) is 5.69 Å². The number of benzene rings is 2. The summed E-state index contributed by atoms with van der Waals surface area (Å²) in [5.41, 5.74) is 3.90. The molecule has 1 N–H and O–H groups in total. The molecule has 8 nitrogen and oxygen atoms in total. The Hall–Kier alpha value is -3.52. The predicted molar refractivity (Wildman–Crippen MR) is 112 cm³/mol. The molecule has 3 amide bonds. The van der Waals surface area contributed by atoms with Gasteiger partial charge in [-0.1, -0.05) is 35.0 Å². The second-order valence-corrected chi connectivity index (χ2v) is 8.14. The number of nitrogens with one attached hydrogen (secondary N) is 1. The number of hydrogen-bond acceptors (Lipinski definition) is 5. The maximum atomic E-state index is 13.0. The first-order chi connectivity index (χ1) is 15.0. The van der Waals surface area contributed by atoms with Gasteiger partial charge in [-0.3, -0.25) is 19.7 Å². The van der Waals surface area contributed by atoms with E-state index in [2.05, 4.69) is 15.6 Å². The Morgan fingerprint density at radius 1 is 1.13 bits per heavy atom. The fourth-order valence-electron chi connectivity index (χ4n) is 4.05.